The highest BCUT2D eigenvalue weighted by Crippen LogP contribution is 2.47. The topological polar surface area (TPSA) is 252 Å². The predicted octanol–water partition coefficient (Wildman–Crippen LogP) is 4.42. The van der Waals surface area contributed by atoms with Crippen molar-refractivity contribution in [1.82, 2.24) is 9.62 Å². The van der Waals surface area contributed by atoms with Gasteiger partial charge in [0.25, 0.3) is 11.8 Å². The first-order chi connectivity index (χ1) is 26.3. The lowest BCUT2D eigenvalue weighted by molar-refractivity contribution is -0.161. The van der Waals surface area contributed by atoms with Crippen molar-refractivity contribution in [2.24, 2.45) is 26.8 Å². The lowest BCUT2D eigenvalue weighted by Gasteiger charge is -2.38. The van der Waals surface area contributed by atoms with Crippen molar-refractivity contribution in [3.63, 3.8) is 0 Å². The smallest absolute Gasteiger partial charge is 0.389 e. The molecule has 0 bridgehead atoms. The quantitative estimate of drug-likeness (QED) is 0.0297. The number of β-lactam (4-membered cyclic amide) rings is 1. The van der Waals surface area contributed by atoms with Gasteiger partial charge in [-0.2, -0.15) is 12.7 Å². The number of carboxylic acid groups (broad SMARTS) is 1. The van der Waals surface area contributed by atoms with Crippen molar-refractivity contribution < 1.29 is 51.9 Å². The zero-order chi connectivity index (χ0) is 41.5. The highest BCUT2D eigenvalue weighted by molar-refractivity contribution is 7.84. The molecule has 1 aromatic carbocycles. The SMILES string of the molecule is C=C(C)[C@@H]1CCC(C)=C[C@H]1c1c(O)cc(CCCCC)cc1OC(=NC)OC/C=C1\[C@H](NC(=O)/C(=N\OC(C)(C)C(=O)O)C2=CCC(N)=N2)C(=O)N1S(=O)(=O)O. The highest BCUT2D eigenvalue weighted by Gasteiger charge is 2.50. The third kappa shape index (κ3) is 10.2. The van der Waals surface area contributed by atoms with Gasteiger partial charge in [0.1, 0.15) is 23.9 Å². The molecule has 0 unspecified atom stereocenters. The molecule has 3 atom stereocenters. The van der Waals surface area contributed by atoms with Crippen LogP contribution in [-0.4, -0.2) is 88.2 Å². The number of rotatable bonds is 16. The first-order valence-corrected chi connectivity index (χ1v) is 19.5. The summed E-state index contributed by atoms with van der Waals surface area (Å²) in [5.41, 5.74) is 6.34. The molecule has 1 aromatic rings. The number of aromatic hydroxyl groups is 1. The first kappa shape index (κ1) is 43.2. The fraction of sp³-hybridized carbons (Fsp3) is 0.474. The zero-order valence-corrected chi connectivity index (χ0v) is 33.2. The largest absolute Gasteiger partial charge is 0.507 e. The van der Waals surface area contributed by atoms with E-state index in [0.717, 1.165) is 54.9 Å². The fourth-order valence-electron chi connectivity index (χ4n) is 6.35. The van der Waals surface area contributed by atoms with E-state index in [1.54, 1.807) is 6.07 Å². The molecule has 3 aliphatic rings. The molecule has 0 aromatic heterocycles. The maximum absolute atomic E-state index is 13.5. The summed E-state index contributed by atoms with van der Waals surface area (Å²) in [6.45, 7) is 12.2. The molecule has 1 aliphatic carbocycles. The van der Waals surface area contributed by atoms with Crippen LogP contribution in [0.2, 0.25) is 0 Å². The number of carboxylic acids is 1. The summed E-state index contributed by atoms with van der Waals surface area (Å²) in [5, 5.41) is 26.9. The molecular weight excluding hydrogens is 749 g/mol. The number of aliphatic carboxylic acids is 1. The molecule has 6 N–H and O–H groups in total. The monoisotopic (exact) mass is 798 g/mol. The highest BCUT2D eigenvalue weighted by atomic mass is 32.2. The van der Waals surface area contributed by atoms with Gasteiger partial charge in [-0.1, -0.05) is 48.7 Å². The first-order valence-electron chi connectivity index (χ1n) is 18.1. The summed E-state index contributed by atoms with van der Waals surface area (Å²) in [6.07, 6.45) is 9.82. The van der Waals surface area contributed by atoms with E-state index in [1.807, 2.05) is 19.9 Å². The number of benzene rings is 1. The number of aliphatic imine (C=N–C) groups is 2. The Labute approximate surface area is 326 Å². The minimum atomic E-state index is -5.14. The number of amides is 2. The number of carbonyl (C=O) groups is 3. The molecule has 56 heavy (non-hydrogen) atoms. The lowest BCUT2D eigenvalue weighted by Crippen LogP contribution is -2.64. The van der Waals surface area contributed by atoms with Gasteiger partial charge in [0.2, 0.25) is 5.60 Å². The van der Waals surface area contributed by atoms with Crippen molar-refractivity contribution in [3.05, 3.63) is 70.6 Å². The second-order valence-corrected chi connectivity index (χ2v) is 15.5. The molecule has 2 heterocycles. The van der Waals surface area contributed by atoms with Crippen LogP contribution in [0.5, 0.6) is 11.5 Å². The standard InChI is InChI=1S/C38H50N6O11S/c1-8-9-10-11-23-19-28(45)31(25-18-22(4)12-13-24(25)21(2)3)29(20-23)54-37(40-7)53-17-16-27-33(35(47)44(27)56(50,51)52)42-34(46)32(26-14-15-30(39)41-26)43-55-38(5,6)36(48)49/h14,16,18-20,24-25,33,45H,2,8-13,15,17H2,1,3-7H3,(H2,39,41)(H,42,46)(H,48,49)(H,50,51,52)/b27-16+,40-37?,43-32-/t24-,25+,33-/m0/s1. The predicted molar refractivity (Wildman–Crippen MR) is 208 cm³/mol. The van der Waals surface area contributed by atoms with Crippen molar-refractivity contribution in [2.45, 2.75) is 97.1 Å². The van der Waals surface area contributed by atoms with Gasteiger partial charge in [-0.25, -0.2) is 14.8 Å². The van der Waals surface area contributed by atoms with Gasteiger partial charge < -0.3 is 35.6 Å². The van der Waals surface area contributed by atoms with Crippen LogP contribution in [0.1, 0.15) is 90.2 Å². The van der Waals surface area contributed by atoms with Crippen molar-refractivity contribution in [1.29, 1.82) is 0 Å². The van der Waals surface area contributed by atoms with Crippen LogP contribution in [-0.2, 0) is 40.7 Å². The molecule has 4 rings (SSSR count). The van der Waals surface area contributed by atoms with Crippen molar-refractivity contribution in [2.75, 3.05) is 13.7 Å². The molecule has 2 aliphatic heterocycles. The van der Waals surface area contributed by atoms with Crippen LogP contribution in [0.25, 0.3) is 0 Å². The molecule has 1 fully saturated rings. The Balaban J connectivity index is 1.62. The maximum atomic E-state index is 13.5. The molecule has 0 radical (unpaired) electrons. The van der Waals surface area contributed by atoms with Gasteiger partial charge in [-0.05, 0) is 89.1 Å². The summed E-state index contributed by atoms with van der Waals surface area (Å²) in [6, 6.07) is 1.94. The molecule has 17 nitrogen and oxygen atoms in total. The Morgan fingerprint density at radius 2 is 1.96 bits per heavy atom. The van der Waals surface area contributed by atoms with Crippen LogP contribution in [0.3, 0.4) is 0 Å². The van der Waals surface area contributed by atoms with E-state index in [-0.39, 0.29) is 51.6 Å². The Morgan fingerprint density at radius 1 is 1.25 bits per heavy atom. The molecule has 0 saturated carbocycles. The maximum Gasteiger partial charge on any atom is 0.389 e. The number of amidine groups is 1. The van der Waals surface area contributed by atoms with E-state index in [4.69, 9.17) is 20.0 Å². The van der Waals surface area contributed by atoms with Gasteiger partial charge in [0, 0.05) is 24.9 Å². The summed E-state index contributed by atoms with van der Waals surface area (Å²) in [5.74, 6) is -3.47. The average molecular weight is 799 g/mol. The number of hydrogen-bond acceptors (Lipinski definition) is 13. The molecule has 304 valence electrons. The lowest BCUT2D eigenvalue weighted by atomic mass is 9.73. The van der Waals surface area contributed by atoms with Crippen LogP contribution in [0, 0.1) is 5.92 Å². The van der Waals surface area contributed by atoms with Crippen molar-refractivity contribution in [3.8, 4) is 11.5 Å². The number of allylic oxidation sites excluding steroid dienone is 3. The summed E-state index contributed by atoms with van der Waals surface area (Å²) >= 11 is 0. The van der Waals surface area contributed by atoms with Crippen LogP contribution >= 0.6 is 0 Å². The molecule has 0 spiro atoms. The number of phenols is 1. The fourth-order valence-corrected chi connectivity index (χ4v) is 7.13. The van der Waals surface area contributed by atoms with Crippen LogP contribution < -0.4 is 15.8 Å². The summed E-state index contributed by atoms with van der Waals surface area (Å²) < 4.78 is 46.3. The van der Waals surface area contributed by atoms with E-state index in [0.29, 0.717) is 17.7 Å². The molecule has 2 amide bonds. The normalized spacial score (nSPS) is 21.2. The number of nitrogens with two attached hydrogens (primary N) is 1. The number of nitrogens with one attached hydrogen (secondary N) is 1. The number of ether oxygens (including phenoxy) is 2. The second-order valence-electron chi connectivity index (χ2n) is 14.3. The number of nitrogens with zero attached hydrogens (tertiary/aromatic N) is 4. The van der Waals surface area contributed by atoms with Gasteiger partial charge in [0.05, 0.1) is 11.4 Å². The Kier molecular flexibility index (Phi) is 13.9. The minimum Gasteiger partial charge on any atom is -0.507 e. The number of oxime groups is 1. The Hall–Kier alpha value is -5.49. The van der Waals surface area contributed by atoms with E-state index in [2.05, 4.69) is 40.0 Å². The van der Waals surface area contributed by atoms with E-state index < -0.39 is 52.0 Å². The molecule has 18 heteroatoms. The van der Waals surface area contributed by atoms with Gasteiger partial charge in [-0.3, -0.25) is 14.1 Å². The number of phenolic OH excluding ortho intramolecular Hbond substituents is 1. The van der Waals surface area contributed by atoms with Crippen LogP contribution in [0.15, 0.2) is 74.6 Å². The van der Waals surface area contributed by atoms with E-state index in [9.17, 15) is 37.6 Å². The van der Waals surface area contributed by atoms with Crippen molar-refractivity contribution >= 4 is 45.7 Å². The number of hydrogen-bond donors (Lipinski definition) is 5. The summed E-state index contributed by atoms with van der Waals surface area (Å²) in [7, 11) is -3.74. The number of aryl methyl sites for hydroxylation is 1. The summed E-state index contributed by atoms with van der Waals surface area (Å²) in [4.78, 5) is 51.2. The van der Waals surface area contributed by atoms with E-state index >= 15 is 0 Å². The Morgan fingerprint density at radius 3 is 2.55 bits per heavy atom. The Bertz CT molecular complexity index is 2050. The third-order valence-corrected chi connectivity index (χ3v) is 10.3. The molecular formula is C38H50N6O11S. The van der Waals surface area contributed by atoms with Gasteiger partial charge in [0.15, 0.2) is 11.8 Å². The van der Waals surface area contributed by atoms with E-state index in [1.165, 1.54) is 27.0 Å². The van der Waals surface area contributed by atoms with Gasteiger partial charge in [-0.15, -0.1) is 0 Å². The van der Waals surface area contributed by atoms with Gasteiger partial charge >= 0.3 is 22.4 Å². The van der Waals surface area contributed by atoms with Crippen LogP contribution in [0.4, 0.5) is 0 Å². The zero-order valence-electron chi connectivity index (χ0n) is 32.4. The minimum absolute atomic E-state index is 0.0233. The second kappa shape index (κ2) is 18.0. The third-order valence-electron chi connectivity index (χ3n) is 9.43. The number of unbranched alkanes of at least 4 members (excludes halogenated alkanes) is 2. The average Bonchev–Trinajstić information content (AvgIpc) is 3.54. The molecule has 1 saturated heterocycles. The number of carbonyl (C=O) groups excluding carboxylic acids is 2.